The van der Waals surface area contributed by atoms with Gasteiger partial charge in [-0.15, -0.1) is 12.4 Å². The van der Waals surface area contributed by atoms with Crippen LogP contribution in [0.15, 0.2) is 42.7 Å². The molecule has 2 heterocycles. The molecule has 0 unspecified atom stereocenters. The maximum atomic E-state index is 12.4. The zero-order chi connectivity index (χ0) is 19.1. The highest BCUT2D eigenvalue weighted by molar-refractivity contribution is 7.19. The van der Waals surface area contributed by atoms with Gasteiger partial charge in [-0.25, -0.2) is 4.98 Å². The summed E-state index contributed by atoms with van der Waals surface area (Å²) in [5, 5.41) is 3.50. The van der Waals surface area contributed by atoms with Gasteiger partial charge in [0.2, 0.25) is 0 Å². The average Bonchev–Trinajstić information content (AvgIpc) is 2.96. The van der Waals surface area contributed by atoms with Crippen molar-refractivity contribution in [1.82, 2.24) is 9.97 Å². The van der Waals surface area contributed by atoms with Gasteiger partial charge in [-0.1, -0.05) is 41.2 Å². The summed E-state index contributed by atoms with van der Waals surface area (Å²) in [6.45, 7) is 5.89. The van der Waals surface area contributed by atoms with Gasteiger partial charge in [0.05, 0.1) is 10.6 Å². The minimum Gasteiger partial charge on any atom is -0.298 e. The Labute approximate surface area is 167 Å². The molecule has 0 aliphatic heterocycles. The Morgan fingerprint density at radius 1 is 1.15 bits per heavy atom. The first kappa shape index (κ1) is 22.2. The van der Waals surface area contributed by atoms with Crippen LogP contribution in [-0.2, 0) is 9.59 Å². The van der Waals surface area contributed by atoms with Gasteiger partial charge < -0.3 is 0 Å². The number of nitrogens with zero attached hydrogens (tertiary/aromatic N) is 2. The summed E-state index contributed by atoms with van der Waals surface area (Å²) < 4.78 is 0. The van der Waals surface area contributed by atoms with Gasteiger partial charge in [-0.05, 0) is 38.0 Å². The highest BCUT2D eigenvalue weighted by atomic mass is 35.5. The van der Waals surface area contributed by atoms with Gasteiger partial charge in [-0.2, -0.15) is 9.59 Å². The average molecular weight is 404 g/mol. The van der Waals surface area contributed by atoms with Crippen LogP contribution >= 0.6 is 23.7 Å². The molecule has 1 N–H and O–H groups in total. The summed E-state index contributed by atoms with van der Waals surface area (Å²) in [5.41, 5.74) is 4.71. The number of thiazole rings is 1. The molecular weight excluding hydrogens is 386 g/mol. The Hall–Kier alpha value is -2.86. The molecule has 0 spiro atoms. The number of benzene rings is 1. The van der Waals surface area contributed by atoms with E-state index in [1.165, 1.54) is 16.9 Å². The minimum atomic E-state index is -0.158. The van der Waals surface area contributed by atoms with Crippen molar-refractivity contribution in [2.24, 2.45) is 0 Å². The number of rotatable bonds is 3. The number of carbonyl (C=O) groups excluding carboxylic acids is 3. The molecule has 3 aromatic rings. The summed E-state index contributed by atoms with van der Waals surface area (Å²) in [7, 11) is 0. The number of aryl methyl sites for hydroxylation is 3. The number of pyridine rings is 1. The molecular formula is C19H18ClN3O3S. The molecule has 8 heteroatoms. The Balaban J connectivity index is 0.000000855. The quantitative estimate of drug-likeness (QED) is 0.707. The Kier molecular flexibility index (Phi) is 8.48. The molecule has 0 bridgehead atoms. The molecule has 1 amide bonds. The van der Waals surface area contributed by atoms with E-state index >= 15 is 0 Å². The number of hydrogen-bond acceptors (Lipinski definition) is 6. The highest BCUT2D eigenvalue weighted by Gasteiger charge is 2.14. The van der Waals surface area contributed by atoms with Gasteiger partial charge in [0.15, 0.2) is 5.13 Å². The fraction of sp³-hybridized carbons (Fsp3) is 0.158. The van der Waals surface area contributed by atoms with E-state index in [0.717, 1.165) is 21.7 Å². The second-order valence-electron chi connectivity index (χ2n) is 5.53. The van der Waals surface area contributed by atoms with Crippen LogP contribution < -0.4 is 5.32 Å². The lowest BCUT2D eigenvalue weighted by molar-refractivity contribution is -0.191. The van der Waals surface area contributed by atoms with E-state index in [0.29, 0.717) is 10.7 Å². The van der Waals surface area contributed by atoms with Crippen molar-refractivity contribution in [3.05, 3.63) is 65.1 Å². The topological polar surface area (TPSA) is 89.0 Å². The summed E-state index contributed by atoms with van der Waals surface area (Å²) >= 11 is 1.49. The van der Waals surface area contributed by atoms with E-state index in [-0.39, 0.29) is 24.5 Å². The zero-order valence-electron chi connectivity index (χ0n) is 15.0. The van der Waals surface area contributed by atoms with E-state index < -0.39 is 0 Å². The molecule has 0 saturated carbocycles. The van der Waals surface area contributed by atoms with E-state index in [4.69, 9.17) is 9.59 Å². The van der Waals surface area contributed by atoms with Crippen molar-refractivity contribution in [3.63, 3.8) is 0 Å². The van der Waals surface area contributed by atoms with Gasteiger partial charge in [-0.3, -0.25) is 15.1 Å². The Bertz CT molecular complexity index is 966. The van der Waals surface area contributed by atoms with Crippen LogP contribution in [0.25, 0.3) is 10.4 Å². The normalized spacial score (nSPS) is 9.30. The third-order valence-corrected chi connectivity index (χ3v) is 4.68. The molecule has 3 rings (SSSR count). The van der Waals surface area contributed by atoms with E-state index in [1.807, 2.05) is 19.9 Å². The van der Waals surface area contributed by atoms with Gasteiger partial charge in [0.25, 0.3) is 5.91 Å². The number of halogens is 1. The largest absolute Gasteiger partial charge is 0.373 e. The summed E-state index contributed by atoms with van der Waals surface area (Å²) in [6.07, 6.45) is 3.55. The second-order valence-corrected chi connectivity index (χ2v) is 6.53. The maximum absolute atomic E-state index is 12.4. The van der Waals surface area contributed by atoms with Crippen LogP contribution in [0.2, 0.25) is 0 Å². The molecule has 0 fully saturated rings. The molecule has 1 aromatic carbocycles. The number of anilines is 1. The number of hydrogen-bond donors (Lipinski definition) is 1. The molecule has 0 saturated heterocycles. The predicted molar refractivity (Wildman–Crippen MR) is 106 cm³/mol. The molecule has 6 nitrogen and oxygen atoms in total. The lowest BCUT2D eigenvalue weighted by Crippen LogP contribution is -2.13. The Morgan fingerprint density at radius 3 is 2.48 bits per heavy atom. The SMILES string of the molecule is Cc1cccc(-c2sc(NC(=O)c3ccncc3C)nc2C)c1.Cl.O=C=O. The fourth-order valence-corrected chi connectivity index (χ4v) is 3.35. The van der Waals surface area contributed by atoms with Gasteiger partial charge >= 0.3 is 6.15 Å². The maximum Gasteiger partial charge on any atom is 0.373 e. The van der Waals surface area contributed by atoms with Crippen molar-refractivity contribution in [2.75, 3.05) is 5.32 Å². The molecule has 2 aromatic heterocycles. The predicted octanol–water partition coefficient (Wildman–Crippen LogP) is 4.22. The number of carbonyl (C=O) groups is 1. The van der Waals surface area contributed by atoms with Crippen molar-refractivity contribution in [1.29, 1.82) is 0 Å². The van der Waals surface area contributed by atoms with Crippen LogP contribution in [0, 0.1) is 20.8 Å². The van der Waals surface area contributed by atoms with Crippen LogP contribution in [0.3, 0.4) is 0 Å². The van der Waals surface area contributed by atoms with Gasteiger partial charge in [0.1, 0.15) is 0 Å². The van der Waals surface area contributed by atoms with Crippen LogP contribution in [0.1, 0.15) is 27.2 Å². The van der Waals surface area contributed by atoms with Crippen LogP contribution in [0.5, 0.6) is 0 Å². The molecule has 0 radical (unpaired) electrons. The van der Waals surface area contributed by atoms with Crippen molar-refractivity contribution >= 4 is 40.9 Å². The molecule has 0 aliphatic rings. The monoisotopic (exact) mass is 403 g/mol. The van der Waals surface area contributed by atoms with E-state index in [9.17, 15) is 4.79 Å². The van der Waals surface area contributed by atoms with Gasteiger partial charge in [0, 0.05) is 18.0 Å². The standard InChI is InChI=1S/C18H17N3OS.CO2.ClH/c1-11-5-4-6-14(9-11)16-13(3)20-18(23-16)21-17(22)15-7-8-19-10-12(15)2;2-1-3;/h4-10H,1-3H3,(H,20,21,22);;1H. The van der Waals surface area contributed by atoms with E-state index in [2.05, 4.69) is 40.4 Å². The first-order chi connectivity index (χ1) is 12.5. The molecule has 0 aliphatic carbocycles. The third kappa shape index (κ3) is 5.82. The van der Waals surface area contributed by atoms with Crippen LogP contribution in [-0.4, -0.2) is 22.0 Å². The highest BCUT2D eigenvalue weighted by Crippen LogP contribution is 2.33. The van der Waals surface area contributed by atoms with Crippen molar-refractivity contribution in [2.45, 2.75) is 20.8 Å². The van der Waals surface area contributed by atoms with E-state index in [1.54, 1.807) is 18.5 Å². The summed E-state index contributed by atoms with van der Waals surface area (Å²) in [4.78, 5) is 38.2. The smallest absolute Gasteiger partial charge is 0.298 e. The second kappa shape index (κ2) is 10.3. The Morgan fingerprint density at radius 2 is 1.85 bits per heavy atom. The number of amides is 1. The molecule has 140 valence electrons. The number of aromatic nitrogens is 2. The van der Waals surface area contributed by atoms with Crippen molar-refractivity contribution < 1.29 is 14.4 Å². The minimum absolute atomic E-state index is 0. The summed E-state index contributed by atoms with van der Waals surface area (Å²) in [6, 6.07) is 10.00. The lowest BCUT2D eigenvalue weighted by Gasteiger charge is -2.04. The van der Waals surface area contributed by atoms with Crippen LogP contribution in [0.4, 0.5) is 5.13 Å². The third-order valence-electron chi connectivity index (χ3n) is 3.56. The first-order valence-electron chi connectivity index (χ1n) is 7.72. The van der Waals surface area contributed by atoms with Crippen molar-refractivity contribution in [3.8, 4) is 10.4 Å². The zero-order valence-corrected chi connectivity index (χ0v) is 16.6. The summed E-state index contributed by atoms with van der Waals surface area (Å²) in [5.74, 6) is -0.158. The molecule has 27 heavy (non-hydrogen) atoms. The number of nitrogens with one attached hydrogen (secondary N) is 1. The first-order valence-corrected chi connectivity index (χ1v) is 8.53. The molecule has 0 atom stereocenters. The lowest BCUT2D eigenvalue weighted by atomic mass is 10.1. The fourth-order valence-electron chi connectivity index (χ4n) is 2.40.